The molecule has 0 aliphatic rings. The van der Waals surface area contributed by atoms with E-state index in [2.05, 4.69) is 20.1 Å². The summed E-state index contributed by atoms with van der Waals surface area (Å²) in [5.74, 6) is -0.635. The van der Waals surface area contributed by atoms with Crippen LogP contribution < -0.4 is 0 Å². The van der Waals surface area contributed by atoms with Crippen LogP contribution in [0.1, 0.15) is 35.0 Å². The Morgan fingerprint density at radius 2 is 1.73 bits per heavy atom. The normalized spacial score (nSPS) is 12.9. The second kappa shape index (κ2) is 7.56. The molecule has 1 atom stereocenters. The maximum atomic E-state index is 13.8. The predicted octanol–water partition coefficient (Wildman–Crippen LogP) is 4.11. The molecule has 0 N–H and O–H groups in total. The van der Waals surface area contributed by atoms with Crippen LogP contribution in [0.2, 0.25) is 0 Å². The molecular weight excluding hydrogens is 407 g/mol. The summed E-state index contributed by atoms with van der Waals surface area (Å²) >= 11 is 0. The van der Waals surface area contributed by atoms with Gasteiger partial charge in [-0.05, 0) is 44.5 Å². The minimum Gasteiger partial charge on any atom is -0.338 e. The van der Waals surface area contributed by atoms with Gasteiger partial charge in [-0.2, -0.15) is 4.98 Å². The molecule has 0 fully saturated rings. The summed E-state index contributed by atoms with van der Waals surface area (Å²) in [5, 5.41) is 2.76. The van der Waals surface area contributed by atoms with Crippen LogP contribution in [0.25, 0.3) is 22.4 Å². The van der Waals surface area contributed by atoms with Crippen LogP contribution in [0, 0.1) is 19.7 Å². The lowest BCUT2D eigenvalue weighted by Crippen LogP contribution is -2.15. The molecule has 0 bridgehead atoms. The van der Waals surface area contributed by atoms with E-state index in [-0.39, 0.29) is 17.5 Å². The van der Waals surface area contributed by atoms with Crippen molar-refractivity contribution in [1.29, 1.82) is 0 Å². The summed E-state index contributed by atoms with van der Waals surface area (Å²) in [5.41, 5.74) is 3.16. The third-order valence-corrected chi connectivity index (χ3v) is 6.89. The van der Waals surface area contributed by atoms with E-state index in [9.17, 15) is 12.8 Å². The summed E-state index contributed by atoms with van der Waals surface area (Å²) in [6, 6.07) is 11.8. The Labute approximate surface area is 172 Å². The van der Waals surface area contributed by atoms with Crippen LogP contribution in [0.3, 0.4) is 0 Å². The molecule has 0 spiro atoms. The third-order valence-electron chi connectivity index (χ3n) is 4.94. The Bertz CT molecular complexity index is 1350. The topological polar surface area (TPSA) is 98.8 Å². The van der Waals surface area contributed by atoms with Gasteiger partial charge in [0.2, 0.25) is 11.7 Å². The van der Waals surface area contributed by atoms with E-state index in [0.717, 1.165) is 0 Å². The molecule has 9 heteroatoms. The third kappa shape index (κ3) is 3.80. The van der Waals surface area contributed by atoms with Crippen molar-refractivity contribution in [2.75, 3.05) is 0 Å². The van der Waals surface area contributed by atoms with Gasteiger partial charge in [-0.15, -0.1) is 0 Å². The van der Waals surface area contributed by atoms with Crippen molar-refractivity contribution in [3.05, 3.63) is 71.1 Å². The maximum Gasteiger partial charge on any atom is 0.245 e. The number of halogens is 1. The zero-order valence-corrected chi connectivity index (χ0v) is 17.4. The first-order valence-corrected chi connectivity index (χ1v) is 11.0. The van der Waals surface area contributed by atoms with Gasteiger partial charge in [-0.3, -0.25) is 0 Å². The minimum atomic E-state index is -3.71. The summed E-state index contributed by atoms with van der Waals surface area (Å²) < 4.78 is 44.9. The number of hydrogen-bond acceptors (Lipinski definition) is 7. The van der Waals surface area contributed by atoms with Gasteiger partial charge < -0.3 is 4.52 Å². The first-order chi connectivity index (χ1) is 14.2. The molecule has 0 aliphatic heterocycles. The van der Waals surface area contributed by atoms with E-state index in [0.29, 0.717) is 33.5 Å². The number of benzene rings is 2. The average molecular weight is 426 g/mol. The molecule has 2 aromatic carbocycles. The van der Waals surface area contributed by atoms with Gasteiger partial charge in [0.25, 0.3) is 0 Å². The number of sulfone groups is 1. The Morgan fingerprint density at radius 3 is 2.43 bits per heavy atom. The standard InChI is InChI=1S/C21H19FN4O3S/c1-12-8-9-15(10-16(12)22)20-25-21(29-26-20)14(3)30(27,28)11-19-13(2)23-17-6-4-5-7-18(17)24-19/h4-10,14H,11H2,1-3H3. The van der Waals surface area contributed by atoms with E-state index < -0.39 is 20.9 Å². The number of aryl methyl sites for hydroxylation is 2. The number of fused-ring (bicyclic) bond motifs is 1. The fourth-order valence-electron chi connectivity index (χ4n) is 2.98. The Balaban J connectivity index is 1.61. The van der Waals surface area contributed by atoms with E-state index in [1.807, 2.05) is 18.2 Å². The first kappa shape index (κ1) is 20.1. The second-order valence-corrected chi connectivity index (χ2v) is 9.44. The van der Waals surface area contributed by atoms with Crippen molar-refractivity contribution >= 4 is 20.9 Å². The molecule has 7 nitrogen and oxygen atoms in total. The van der Waals surface area contributed by atoms with Crippen LogP contribution in [-0.4, -0.2) is 28.5 Å². The molecular formula is C21H19FN4O3S. The first-order valence-electron chi connectivity index (χ1n) is 9.28. The molecule has 0 saturated carbocycles. The summed E-state index contributed by atoms with van der Waals surface area (Å²) in [4.78, 5) is 13.1. The largest absolute Gasteiger partial charge is 0.338 e. The number of aromatic nitrogens is 4. The summed E-state index contributed by atoms with van der Waals surface area (Å²) in [6.07, 6.45) is 0. The van der Waals surface area contributed by atoms with Crippen molar-refractivity contribution < 1.29 is 17.3 Å². The Kier molecular flexibility index (Phi) is 5.07. The predicted molar refractivity (Wildman–Crippen MR) is 110 cm³/mol. The zero-order chi connectivity index (χ0) is 21.5. The van der Waals surface area contributed by atoms with Gasteiger partial charge >= 0.3 is 0 Å². The van der Waals surface area contributed by atoms with E-state index in [1.165, 1.54) is 13.0 Å². The van der Waals surface area contributed by atoms with Gasteiger partial charge in [0.05, 0.1) is 28.2 Å². The van der Waals surface area contributed by atoms with Gasteiger partial charge in [-0.1, -0.05) is 29.4 Å². The highest BCUT2D eigenvalue weighted by Gasteiger charge is 2.30. The van der Waals surface area contributed by atoms with Crippen molar-refractivity contribution in [2.45, 2.75) is 31.8 Å². The molecule has 2 aromatic heterocycles. The number of nitrogens with zero attached hydrogens (tertiary/aromatic N) is 4. The quantitative estimate of drug-likeness (QED) is 0.473. The highest BCUT2D eigenvalue weighted by atomic mass is 32.2. The number of para-hydroxylation sites is 2. The van der Waals surface area contributed by atoms with Gasteiger partial charge in [0.1, 0.15) is 11.1 Å². The van der Waals surface area contributed by atoms with Crippen molar-refractivity contribution in [3.8, 4) is 11.4 Å². The van der Waals surface area contributed by atoms with Gasteiger partial charge in [0.15, 0.2) is 9.84 Å². The zero-order valence-electron chi connectivity index (χ0n) is 16.6. The lowest BCUT2D eigenvalue weighted by molar-refractivity contribution is 0.377. The average Bonchev–Trinajstić information content (AvgIpc) is 3.20. The number of rotatable bonds is 5. The molecule has 1 unspecified atom stereocenters. The van der Waals surface area contributed by atoms with E-state index in [4.69, 9.17) is 4.52 Å². The molecule has 154 valence electrons. The molecule has 0 saturated heterocycles. The maximum absolute atomic E-state index is 13.8. The Morgan fingerprint density at radius 1 is 1.03 bits per heavy atom. The molecule has 4 rings (SSSR count). The molecule has 0 amide bonds. The Hall–Kier alpha value is -3.20. The van der Waals surface area contributed by atoms with E-state index >= 15 is 0 Å². The molecule has 0 radical (unpaired) electrons. The smallest absolute Gasteiger partial charge is 0.245 e. The van der Waals surface area contributed by atoms with E-state index in [1.54, 1.807) is 32.0 Å². The fraction of sp³-hybridized carbons (Fsp3) is 0.238. The lowest BCUT2D eigenvalue weighted by Gasteiger charge is -2.10. The summed E-state index contributed by atoms with van der Waals surface area (Å²) in [7, 11) is -3.71. The number of hydrogen-bond donors (Lipinski definition) is 0. The summed E-state index contributed by atoms with van der Waals surface area (Å²) in [6.45, 7) is 4.85. The van der Waals surface area contributed by atoms with Gasteiger partial charge in [0, 0.05) is 5.56 Å². The highest BCUT2D eigenvalue weighted by molar-refractivity contribution is 7.90. The molecule has 30 heavy (non-hydrogen) atoms. The van der Waals surface area contributed by atoms with Crippen LogP contribution >= 0.6 is 0 Å². The van der Waals surface area contributed by atoms with Crippen molar-refractivity contribution in [2.24, 2.45) is 0 Å². The van der Waals surface area contributed by atoms with Crippen LogP contribution in [0.4, 0.5) is 4.39 Å². The molecule has 4 aromatic rings. The SMILES string of the molecule is Cc1ccc(-c2noc(C(C)S(=O)(=O)Cc3nc4ccccc4nc3C)n2)cc1F. The van der Waals surface area contributed by atoms with Crippen molar-refractivity contribution in [3.63, 3.8) is 0 Å². The second-order valence-electron chi connectivity index (χ2n) is 7.11. The monoisotopic (exact) mass is 426 g/mol. The highest BCUT2D eigenvalue weighted by Crippen LogP contribution is 2.27. The molecule has 2 heterocycles. The van der Waals surface area contributed by atoms with Crippen LogP contribution in [-0.2, 0) is 15.6 Å². The fourth-order valence-corrected chi connectivity index (χ4v) is 4.29. The lowest BCUT2D eigenvalue weighted by atomic mass is 10.1. The van der Waals surface area contributed by atoms with Crippen LogP contribution in [0.5, 0.6) is 0 Å². The minimum absolute atomic E-state index is 0.0580. The van der Waals surface area contributed by atoms with Gasteiger partial charge in [-0.25, -0.2) is 22.8 Å². The van der Waals surface area contributed by atoms with Crippen LogP contribution in [0.15, 0.2) is 47.0 Å². The molecule has 0 aliphatic carbocycles. The van der Waals surface area contributed by atoms with Crippen molar-refractivity contribution in [1.82, 2.24) is 20.1 Å².